The summed E-state index contributed by atoms with van der Waals surface area (Å²) in [5, 5.41) is 27.8. The molecule has 0 spiro atoms. The van der Waals surface area contributed by atoms with E-state index in [-0.39, 0.29) is 6.42 Å². The van der Waals surface area contributed by atoms with Gasteiger partial charge in [0.1, 0.15) is 6.10 Å². The summed E-state index contributed by atoms with van der Waals surface area (Å²) in [4.78, 5) is 10.5. The van der Waals surface area contributed by atoms with Crippen LogP contribution in [0.15, 0.2) is 12.4 Å². The van der Waals surface area contributed by atoms with E-state index in [9.17, 15) is 10.2 Å². The SMILES string of the molecule is N#CCC(O)C(O)c1cnc(N2CCCC2)nc1. The van der Waals surface area contributed by atoms with E-state index in [4.69, 9.17) is 5.26 Å². The molecule has 1 saturated heterocycles. The van der Waals surface area contributed by atoms with Crippen molar-refractivity contribution in [1.29, 1.82) is 5.26 Å². The maximum atomic E-state index is 9.78. The lowest BCUT2D eigenvalue weighted by molar-refractivity contribution is 0.0212. The first-order valence-electron chi connectivity index (χ1n) is 6.02. The molecule has 0 aliphatic carbocycles. The number of rotatable bonds is 4. The molecule has 96 valence electrons. The maximum Gasteiger partial charge on any atom is 0.225 e. The molecule has 0 radical (unpaired) electrons. The first-order valence-corrected chi connectivity index (χ1v) is 6.02. The lowest BCUT2D eigenvalue weighted by Crippen LogP contribution is -2.22. The first kappa shape index (κ1) is 12.7. The van der Waals surface area contributed by atoms with Gasteiger partial charge in [0.05, 0.1) is 18.6 Å². The van der Waals surface area contributed by atoms with Crippen molar-refractivity contribution in [3.63, 3.8) is 0 Å². The van der Waals surface area contributed by atoms with Gasteiger partial charge in [-0.15, -0.1) is 0 Å². The zero-order chi connectivity index (χ0) is 13.0. The normalized spacial score (nSPS) is 18.4. The van der Waals surface area contributed by atoms with Gasteiger partial charge in [0, 0.05) is 31.0 Å². The lowest BCUT2D eigenvalue weighted by atomic mass is 10.1. The zero-order valence-electron chi connectivity index (χ0n) is 10.0. The van der Waals surface area contributed by atoms with Crippen molar-refractivity contribution in [3.05, 3.63) is 18.0 Å². The Morgan fingerprint density at radius 1 is 1.28 bits per heavy atom. The smallest absolute Gasteiger partial charge is 0.225 e. The van der Waals surface area contributed by atoms with E-state index in [2.05, 4.69) is 14.9 Å². The predicted molar refractivity (Wildman–Crippen MR) is 64.7 cm³/mol. The second kappa shape index (κ2) is 5.76. The third-order valence-electron chi connectivity index (χ3n) is 3.05. The van der Waals surface area contributed by atoms with E-state index in [1.54, 1.807) is 0 Å². The van der Waals surface area contributed by atoms with Crippen LogP contribution in [0.2, 0.25) is 0 Å². The molecule has 1 aliphatic heterocycles. The molecule has 1 aromatic rings. The van der Waals surface area contributed by atoms with Gasteiger partial charge in [-0.3, -0.25) is 0 Å². The first-order chi connectivity index (χ1) is 8.72. The molecule has 0 bridgehead atoms. The minimum atomic E-state index is -1.11. The fraction of sp³-hybridized carbons (Fsp3) is 0.583. The van der Waals surface area contributed by atoms with Crippen molar-refractivity contribution in [1.82, 2.24) is 9.97 Å². The molecule has 2 unspecified atom stereocenters. The van der Waals surface area contributed by atoms with Crippen LogP contribution in [0, 0.1) is 11.3 Å². The van der Waals surface area contributed by atoms with Crippen LogP contribution in [0.3, 0.4) is 0 Å². The molecule has 6 nitrogen and oxygen atoms in total. The number of nitrogens with zero attached hydrogens (tertiary/aromatic N) is 4. The molecular weight excluding hydrogens is 232 g/mol. The summed E-state index contributed by atoms with van der Waals surface area (Å²) in [5.41, 5.74) is 0.431. The van der Waals surface area contributed by atoms with Gasteiger partial charge in [-0.05, 0) is 12.8 Å². The number of aliphatic hydroxyl groups excluding tert-OH is 2. The Balaban J connectivity index is 2.05. The third-order valence-corrected chi connectivity index (χ3v) is 3.05. The minimum absolute atomic E-state index is 0.116. The number of nitriles is 1. The van der Waals surface area contributed by atoms with Gasteiger partial charge in [0.25, 0.3) is 0 Å². The van der Waals surface area contributed by atoms with Crippen molar-refractivity contribution in [2.75, 3.05) is 18.0 Å². The predicted octanol–water partition coefficient (Wildman–Crippen LogP) is 0.385. The van der Waals surface area contributed by atoms with E-state index in [1.807, 2.05) is 6.07 Å². The van der Waals surface area contributed by atoms with Crippen LogP contribution >= 0.6 is 0 Å². The molecule has 1 aromatic heterocycles. The number of aromatic nitrogens is 2. The number of hydrogen-bond acceptors (Lipinski definition) is 6. The second-order valence-corrected chi connectivity index (χ2v) is 4.38. The van der Waals surface area contributed by atoms with Gasteiger partial charge in [0.2, 0.25) is 5.95 Å². The molecule has 2 N–H and O–H groups in total. The average Bonchev–Trinajstić information content (AvgIpc) is 2.92. The van der Waals surface area contributed by atoms with Gasteiger partial charge in [-0.1, -0.05) is 0 Å². The highest BCUT2D eigenvalue weighted by molar-refractivity contribution is 5.31. The van der Waals surface area contributed by atoms with Crippen LogP contribution in [-0.2, 0) is 0 Å². The minimum Gasteiger partial charge on any atom is -0.389 e. The van der Waals surface area contributed by atoms with Crippen LogP contribution in [0.4, 0.5) is 5.95 Å². The molecule has 18 heavy (non-hydrogen) atoms. The van der Waals surface area contributed by atoms with Gasteiger partial charge in [-0.25, -0.2) is 9.97 Å². The summed E-state index contributed by atoms with van der Waals surface area (Å²) in [7, 11) is 0. The van der Waals surface area contributed by atoms with Crippen molar-refractivity contribution in [2.24, 2.45) is 0 Å². The summed E-state index contributed by atoms with van der Waals surface area (Å²) in [6, 6.07) is 1.82. The molecule has 0 amide bonds. The van der Waals surface area contributed by atoms with Crippen molar-refractivity contribution in [3.8, 4) is 6.07 Å². The number of anilines is 1. The van der Waals surface area contributed by atoms with Gasteiger partial charge in [-0.2, -0.15) is 5.26 Å². The Morgan fingerprint density at radius 2 is 1.89 bits per heavy atom. The fourth-order valence-electron chi connectivity index (χ4n) is 1.99. The molecule has 2 heterocycles. The number of hydrogen-bond donors (Lipinski definition) is 2. The van der Waals surface area contributed by atoms with Crippen LogP contribution in [0.5, 0.6) is 0 Å². The van der Waals surface area contributed by atoms with Crippen LogP contribution < -0.4 is 4.90 Å². The highest BCUT2D eigenvalue weighted by Crippen LogP contribution is 2.20. The summed E-state index contributed by atoms with van der Waals surface area (Å²) in [6.45, 7) is 1.91. The Labute approximate surface area is 106 Å². The third kappa shape index (κ3) is 2.75. The summed E-state index contributed by atoms with van der Waals surface area (Å²) in [5.74, 6) is 0.651. The highest BCUT2D eigenvalue weighted by atomic mass is 16.3. The molecule has 6 heteroatoms. The van der Waals surface area contributed by atoms with Crippen molar-refractivity contribution < 1.29 is 10.2 Å². The summed E-state index contributed by atoms with van der Waals surface area (Å²) < 4.78 is 0. The average molecular weight is 248 g/mol. The van der Waals surface area contributed by atoms with Crippen molar-refractivity contribution >= 4 is 5.95 Å². The van der Waals surface area contributed by atoms with Crippen LogP contribution in [0.1, 0.15) is 30.9 Å². The summed E-state index contributed by atoms with van der Waals surface area (Å²) >= 11 is 0. The van der Waals surface area contributed by atoms with E-state index in [0.717, 1.165) is 25.9 Å². The molecule has 0 saturated carbocycles. The Bertz CT molecular complexity index is 423. The van der Waals surface area contributed by atoms with Crippen LogP contribution in [0.25, 0.3) is 0 Å². The van der Waals surface area contributed by atoms with E-state index in [0.29, 0.717) is 11.5 Å². The van der Waals surface area contributed by atoms with Crippen LogP contribution in [-0.4, -0.2) is 39.4 Å². The van der Waals surface area contributed by atoms with E-state index >= 15 is 0 Å². The highest BCUT2D eigenvalue weighted by Gasteiger charge is 2.20. The monoisotopic (exact) mass is 248 g/mol. The Hall–Kier alpha value is -1.71. The quantitative estimate of drug-likeness (QED) is 0.800. The second-order valence-electron chi connectivity index (χ2n) is 4.38. The summed E-state index contributed by atoms with van der Waals surface area (Å²) in [6.07, 6.45) is 2.98. The van der Waals surface area contributed by atoms with E-state index in [1.165, 1.54) is 12.4 Å². The molecule has 2 atom stereocenters. The van der Waals surface area contributed by atoms with Crippen molar-refractivity contribution in [2.45, 2.75) is 31.5 Å². The maximum absolute atomic E-state index is 9.78. The Kier molecular flexibility index (Phi) is 4.07. The fourth-order valence-corrected chi connectivity index (χ4v) is 1.99. The molecule has 2 rings (SSSR count). The van der Waals surface area contributed by atoms with Gasteiger partial charge < -0.3 is 15.1 Å². The molecule has 0 aromatic carbocycles. The lowest BCUT2D eigenvalue weighted by Gasteiger charge is -2.17. The molecule has 1 fully saturated rings. The Morgan fingerprint density at radius 3 is 2.44 bits per heavy atom. The van der Waals surface area contributed by atoms with E-state index < -0.39 is 12.2 Å². The van der Waals surface area contributed by atoms with Gasteiger partial charge in [0.15, 0.2) is 0 Å². The zero-order valence-corrected chi connectivity index (χ0v) is 10.0. The molecule has 1 aliphatic rings. The largest absolute Gasteiger partial charge is 0.389 e. The van der Waals surface area contributed by atoms with Gasteiger partial charge >= 0.3 is 0 Å². The molecular formula is C12H16N4O2. The topological polar surface area (TPSA) is 93.3 Å². The standard InChI is InChI=1S/C12H16N4O2/c13-4-3-10(17)11(18)9-7-14-12(15-8-9)16-5-1-2-6-16/h7-8,10-11,17-18H,1-3,5-6H2. The number of aliphatic hydroxyl groups is 2.